The lowest BCUT2D eigenvalue weighted by Crippen LogP contribution is -2.23. The number of nitrogens with zero attached hydrogens (tertiary/aromatic N) is 3. The summed E-state index contributed by atoms with van der Waals surface area (Å²) >= 11 is 0. The van der Waals surface area contributed by atoms with Gasteiger partial charge in [-0.3, -0.25) is 0 Å². The SMILES string of the molecule is CCN(c1ccc(C2CCCC2)cc1)c1nc(OCc2ccccc2)ncc1C(F)(F)F. The van der Waals surface area contributed by atoms with Crippen LogP contribution in [0.4, 0.5) is 24.7 Å². The number of halogens is 3. The van der Waals surface area contributed by atoms with Crippen LogP contribution in [0.3, 0.4) is 0 Å². The summed E-state index contributed by atoms with van der Waals surface area (Å²) in [6, 6.07) is 17.1. The van der Waals surface area contributed by atoms with Crippen molar-refractivity contribution in [1.29, 1.82) is 0 Å². The van der Waals surface area contributed by atoms with Crippen LogP contribution < -0.4 is 9.64 Å². The second-order valence-electron chi connectivity index (χ2n) is 7.98. The van der Waals surface area contributed by atoms with Crippen LogP contribution in [-0.2, 0) is 12.8 Å². The van der Waals surface area contributed by atoms with Crippen LogP contribution in [0.5, 0.6) is 6.01 Å². The molecule has 0 spiro atoms. The van der Waals surface area contributed by atoms with Crippen molar-refractivity contribution in [3.8, 4) is 6.01 Å². The highest BCUT2D eigenvalue weighted by atomic mass is 19.4. The Morgan fingerprint density at radius 1 is 1.00 bits per heavy atom. The largest absolute Gasteiger partial charge is 0.459 e. The third kappa shape index (κ3) is 5.03. The maximum Gasteiger partial charge on any atom is 0.421 e. The van der Waals surface area contributed by atoms with Crippen molar-refractivity contribution in [2.45, 2.75) is 51.3 Å². The van der Waals surface area contributed by atoms with Gasteiger partial charge in [-0.05, 0) is 48.9 Å². The quantitative estimate of drug-likeness (QED) is 0.400. The van der Waals surface area contributed by atoms with Crippen molar-refractivity contribution in [2.75, 3.05) is 11.4 Å². The number of benzene rings is 2. The maximum atomic E-state index is 13.8. The Balaban J connectivity index is 1.63. The van der Waals surface area contributed by atoms with Gasteiger partial charge in [-0.15, -0.1) is 0 Å². The molecule has 2 aromatic carbocycles. The molecule has 0 saturated heterocycles. The van der Waals surface area contributed by atoms with Crippen molar-refractivity contribution in [1.82, 2.24) is 9.97 Å². The van der Waals surface area contributed by atoms with Crippen molar-refractivity contribution < 1.29 is 17.9 Å². The second-order valence-corrected chi connectivity index (χ2v) is 7.98. The first-order valence-electron chi connectivity index (χ1n) is 10.9. The van der Waals surface area contributed by atoms with Gasteiger partial charge in [0.1, 0.15) is 12.2 Å². The lowest BCUT2D eigenvalue weighted by molar-refractivity contribution is -0.137. The fourth-order valence-corrected chi connectivity index (χ4v) is 4.19. The highest BCUT2D eigenvalue weighted by molar-refractivity contribution is 5.64. The fraction of sp³-hybridized carbons (Fsp3) is 0.360. The van der Waals surface area contributed by atoms with Gasteiger partial charge in [0.2, 0.25) is 0 Å². The summed E-state index contributed by atoms with van der Waals surface area (Å²) in [7, 11) is 0. The summed E-state index contributed by atoms with van der Waals surface area (Å²) in [6.45, 7) is 2.30. The molecule has 1 fully saturated rings. The molecule has 32 heavy (non-hydrogen) atoms. The Morgan fingerprint density at radius 3 is 2.31 bits per heavy atom. The molecule has 0 unspecified atom stereocenters. The summed E-state index contributed by atoms with van der Waals surface area (Å²) in [5.74, 6) is 0.341. The number of alkyl halides is 3. The Hall–Kier alpha value is -3.09. The summed E-state index contributed by atoms with van der Waals surface area (Å²) in [5.41, 5.74) is 1.90. The van der Waals surface area contributed by atoms with Crippen LogP contribution in [0.2, 0.25) is 0 Å². The molecular weight excluding hydrogens is 415 g/mol. The molecule has 0 aliphatic heterocycles. The van der Waals surface area contributed by atoms with E-state index in [4.69, 9.17) is 4.74 Å². The third-order valence-corrected chi connectivity index (χ3v) is 5.87. The van der Waals surface area contributed by atoms with E-state index >= 15 is 0 Å². The van der Waals surface area contributed by atoms with Gasteiger partial charge >= 0.3 is 12.2 Å². The van der Waals surface area contributed by atoms with E-state index in [1.807, 2.05) is 54.6 Å². The molecule has 1 aliphatic carbocycles. The van der Waals surface area contributed by atoms with Crippen molar-refractivity contribution in [3.63, 3.8) is 0 Å². The van der Waals surface area contributed by atoms with Crippen LogP contribution in [0.25, 0.3) is 0 Å². The van der Waals surface area contributed by atoms with Gasteiger partial charge < -0.3 is 9.64 Å². The van der Waals surface area contributed by atoms with Gasteiger partial charge in [0.25, 0.3) is 0 Å². The topological polar surface area (TPSA) is 38.2 Å². The maximum absolute atomic E-state index is 13.8. The van der Waals surface area contributed by atoms with E-state index in [-0.39, 0.29) is 18.4 Å². The minimum atomic E-state index is -4.58. The van der Waals surface area contributed by atoms with E-state index in [9.17, 15) is 13.2 Å². The van der Waals surface area contributed by atoms with Gasteiger partial charge in [0.05, 0.1) is 0 Å². The summed E-state index contributed by atoms with van der Waals surface area (Å²) < 4.78 is 46.9. The van der Waals surface area contributed by atoms with Crippen LogP contribution in [-0.4, -0.2) is 16.5 Å². The molecule has 0 atom stereocenters. The van der Waals surface area contributed by atoms with Gasteiger partial charge in [-0.1, -0.05) is 55.3 Å². The molecule has 168 valence electrons. The molecule has 0 radical (unpaired) electrons. The van der Waals surface area contributed by atoms with Crippen LogP contribution in [0, 0.1) is 0 Å². The third-order valence-electron chi connectivity index (χ3n) is 5.87. The molecule has 0 bridgehead atoms. The summed E-state index contributed by atoms with van der Waals surface area (Å²) in [6.07, 6.45) is 1.03. The average Bonchev–Trinajstić information content (AvgIpc) is 3.34. The highest BCUT2D eigenvalue weighted by Gasteiger charge is 2.37. The Bertz CT molecular complexity index is 1020. The molecule has 4 nitrogen and oxygen atoms in total. The number of hydrogen-bond donors (Lipinski definition) is 0. The van der Waals surface area contributed by atoms with Gasteiger partial charge in [-0.2, -0.15) is 18.2 Å². The minimum absolute atomic E-state index is 0.0853. The first-order chi connectivity index (χ1) is 15.5. The molecule has 3 aromatic rings. The number of ether oxygens (including phenoxy) is 1. The van der Waals surface area contributed by atoms with E-state index in [0.29, 0.717) is 18.2 Å². The van der Waals surface area contributed by atoms with Crippen LogP contribution in [0.1, 0.15) is 55.2 Å². The second kappa shape index (κ2) is 9.59. The van der Waals surface area contributed by atoms with Crippen molar-refractivity contribution in [3.05, 3.63) is 77.5 Å². The van der Waals surface area contributed by atoms with Gasteiger partial charge in [0, 0.05) is 18.4 Å². The first kappa shape index (κ1) is 22.1. The number of hydrogen-bond acceptors (Lipinski definition) is 4. The van der Waals surface area contributed by atoms with Crippen LogP contribution >= 0.6 is 0 Å². The Labute approximate surface area is 186 Å². The molecule has 4 rings (SSSR count). The predicted molar refractivity (Wildman–Crippen MR) is 118 cm³/mol. The minimum Gasteiger partial charge on any atom is -0.459 e. The van der Waals surface area contributed by atoms with Crippen LogP contribution in [0.15, 0.2) is 60.8 Å². The summed E-state index contributed by atoms with van der Waals surface area (Å²) in [5, 5.41) is 0. The lowest BCUT2D eigenvalue weighted by atomic mass is 9.97. The molecule has 1 aliphatic rings. The average molecular weight is 441 g/mol. The van der Waals surface area contributed by atoms with Gasteiger partial charge in [-0.25, -0.2) is 4.98 Å². The Morgan fingerprint density at radius 2 is 1.69 bits per heavy atom. The van der Waals surface area contributed by atoms with Gasteiger partial charge in [0.15, 0.2) is 5.82 Å². The molecular formula is C25H26F3N3O. The molecule has 1 saturated carbocycles. The fourth-order valence-electron chi connectivity index (χ4n) is 4.19. The Kier molecular flexibility index (Phi) is 6.63. The lowest BCUT2D eigenvalue weighted by Gasteiger charge is -2.26. The normalized spacial score (nSPS) is 14.5. The van der Waals surface area contributed by atoms with E-state index in [1.165, 1.54) is 31.2 Å². The van der Waals surface area contributed by atoms with E-state index in [1.54, 1.807) is 11.8 Å². The highest BCUT2D eigenvalue weighted by Crippen LogP contribution is 2.39. The van der Waals surface area contributed by atoms with E-state index < -0.39 is 11.7 Å². The molecule has 7 heteroatoms. The summed E-state index contributed by atoms with van der Waals surface area (Å²) in [4.78, 5) is 9.55. The predicted octanol–water partition coefficient (Wildman–Crippen LogP) is 6.89. The molecule has 0 amide bonds. The zero-order chi connectivity index (χ0) is 22.6. The molecule has 1 aromatic heterocycles. The van der Waals surface area contributed by atoms with Crippen molar-refractivity contribution in [2.24, 2.45) is 0 Å². The number of rotatable bonds is 7. The molecule has 1 heterocycles. The van der Waals surface area contributed by atoms with E-state index in [2.05, 4.69) is 9.97 Å². The monoisotopic (exact) mass is 441 g/mol. The number of anilines is 2. The molecule has 0 N–H and O–H groups in total. The smallest absolute Gasteiger partial charge is 0.421 e. The van der Waals surface area contributed by atoms with Crippen molar-refractivity contribution >= 4 is 11.5 Å². The zero-order valence-corrected chi connectivity index (χ0v) is 18.0. The van der Waals surface area contributed by atoms with E-state index in [0.717, 1.165) is 11.8 Å². The number of aromatic nitrogens is 2. The first-order valence-corrected chi connectivity index (χ1v) is 10.9. The zero-order valence-electron chi connectivity index (χ0n) is 18.0. The standard InChI is InChI=1S/C25H26F3N3O/c1-2-31(21-14-12-20(13-15-21)19-10-6-7-11-19)23-22(25(26,27)28)16-29-24(30-23)32-17-18-8-4-3-5-9-18/h3-5,8-9,12-16,19H,2,6-7,10-11,17H2,1H3.